The number of hydrogen-bond acceptors (Lipinski definition) is 7. The predicted octanol–water partition coefficient (Wildman–Crippen LogP) is 1.53. The Morgan fingerprint density at radius 2 is 2.43 bits per heavy atom. The molecule has 1 aliphatic rings. The number of nitrogens with zero attached hydrogens (tertiary/aromatic N) is 3. The number of rotatable bonds is 5. The molecule has 1 aliphatic heterocycles. The van der Waals surface area contributed by atoms with Gasteiger partial charge >= 0.3 is 0 Å². The third-order valence-electron chi connectivity index (χ3n) is 3.38. The smallest absolute Gasteiger partial charge is 0.280 e. The summed E-state index contributed by atoms with van der Waals surface area (Å²) in [5.41, 5.74) is 5.68. The first kappa shape index (κ1) is 14.0. The molecule has 0 radical (unpaired) electrons. The lowest BCUT2D eigenvalue weighted by atomic mass is 10.2. The van der Waals surface area contributed by atoms with Crippen molar-refractivity contribution in [3.05, 3.63) is 28.1 Å². The highest BCUT2D eigenvalue weighted by Gasteiger charge is 2.27. The van der Waals surface area contributed by atoms with Gasteiger partial charge in [-0.1, -0.05) is 6.07 Å². The van der Waals surface area contributed by atoms with Crippen LogP contribution in [0.15, 0.2) is 22.1 Å². The van der Waals surface area contributed by atoms with Gasteiger partial charge in [-0.05, 0) is 34.6 Å². The molecule has 3 heterocycles. The van der Waals surface area contributed by atoms with Gasteiger partial charge in [-0.15, -0.1) is 11.3 Å². The fourth-order valence-corrected chi connectivity index (χ4v) is 3.06. The zero-order valence-corrected chi connectivity index (χ0v) is 12.2. The maximum Gasteiger partial charge on any atom is 0.280 e. The average Bonchev–Trinajstić information content (AvgIpc) is 3.19. The molecule has 2 aromatic heterocycles. The minimum atomic E-state index is -0.280. The zero-order valence-electron chi connectivity index (χ0n) is 11.4. The lowest BCUT2D eigenvalue weighted by Gasteiger charge is -2.24. The van der Waals surface area contributed by atoms with E-state index in [9.17, 15) is 4.79 Å². The molecule has 0 saturated carbocycles. The average molecular weight is 308 g/mol. The van der Waals surface area contributed by atoms with E-state index in [0.717, 1.165) is 24.3 Å². The SMILES string of the molecule is Nc1nonc1C(=O)N(Cc1cccs1)CC1CCCO1. The van der Waals surface area contributed by atoms with E-state index >= 15 is 0 Å². The van der Waals surface area contributed by atoms with E-state index in [-0.39, 0.29) is 23.5 Å². The number of anilines is 1. The Bertz CT molecular complexity index is 592. The van der Waals surface area contributed by atoms with Crippen LogP contribution >= 0.6 is 11.3 Å². The van der Waals surface area contributed by atoms with Gasteiger partial charge < -0.3 is 15.4 Å². The summed E-state index contributed by atoms with van der Waals surface area (Å²) in [7, 11) is 0. The molecule has 0 bridgehead atoms. The molecule has 7 nitrogen and oxygen atoms in total. The molecule has 3 rings (SSSR count). The summed E-state index contributed by atoms with van der Waals surface area (Å²) in [6.07, 6.45) is 2.05. The fraction of sp³-hybridized carbons (Fsp3) is 0.462. The maximum atomic E-state index is 12.6. The Morgan fingerprint density at radius 3 is 3.05 bits per heavy atom. The van der Waals surface area contributed by atoms with Gasteiger partial charge in [0.05, 0.1) is 12.6 Å². The number of carbonyl (C=O) groups is 1. The maximum absolute atomic E-state index is 12.6. The van der Waals surface area contributed by atoms with Crippen LogP contribution in [0.4, 0.5) is 5.82 Å². The molecular formula is C13H16N4O3S. The molecule has 112 valence electrons. The summed E-state index contributed by atoms with van der Waals surface area (Å²) >= 11 is 1.60. The third-order valence-corrected chi connectivity index (χ3v) is 4.24. The van der Waals surface area contributed by atoms with Gasteiger partial charge in [0, 0.05) is 18.0 Å². The van der Waals surface area contributed by atoms with E-state index in [1.165, 1.54) is 0 Å². The Morgan fingerprint density at radius 1 is 1.52 bits per heavy atom. The van der Waals surface area contributed by atoms with Crippen LogP contribution in [-0.2, 0) is 11.3 Å². The van der Waals surface area contributed by atoms with E-state index in [1.807, 2.05) is 17.5 Å². The molecule has 8 heteroatoms. The van der Waals surface area contributed by atoms with Crippen molar-refractivity contribution in [2.75, 3.05) is 18.9 Å². The Balaban J connectivity index is 1.77. The largest absolute Gasteiger partial charge is 0.379 e. The molecule has 1 amide bonds. The Kier molecular flexibility index (Phi) is 4.16. The van der Waals surface area contributed by atoms with Gasteiger partial charge in [0.1, 0.15) is 0 Å². The van der Waals surface area contributed by atoms with Crippen LogP contribution in [0.1, 0.15) is 28.2 Å². The number of carbonyl (C=O) groups excluding carboxylic acids is 1. The van der Waals surface area contributed by atoms with Crippen molar-refractivity contribution in [2.45, 2.75) is 25.5 Å². The summed E-state index contributed by atoms with van der Waals surface area (Å²) in [5.74, 6) is -0.263. The van der Waals surface area contributed by atoms with Crippen molar-refractivity contribution in [2.24, 2.45) is 0 Å². The molecule has 1 atom stereocenters. The van der Waals surface area contributed by atoms with Crippen molar-refractivity contribution >= 4 is 23.1 Å². The quantitative estimate of drug-likeness (QED) is 0.900. The minimum Gasteiger partial charge on any atom is -0.379 e. The van der Waals surface area contributed by atoms with Crippen molar-refractivity contribution in [1.82, 2.24) is 15.2 Å². The highest BCUT2D eigenvalue weighted by molar-refractivity contribution is 7.09. The molecule has 1 unspecified atom stereocenters. The molecule has 1 saturated heterocycles. The lowest BCUT2D eigenvalue weighted by Crippen LogP contribution is -2.37. The minimum absolute atomic E-state index is 0.0171. The standard InChI is InChI=1S/C13H16N4O3S/c14-12-11(15-20-16-12)13(18)17(7-9-3-1-5-19-9)8-10-4-2-6-21-10/h2,4,6,9H,1,3,5,7-8H2,(H2,14,16). The molecule has 2 aromatic rings. The van der Waals surface area contributed by atoms with E-state index < -0.39 is 0 Å². The number of ether oxygens (including phenoxy) is 1. The molecule has 21 heavy (non-hydrogen) atoms. The van der Waals surface area contributed by atoms with Crippen LogP contribution in [-0.4, -0.2) is 40.4 Å². The Labute approximate surface area is 125 Å². The van der Waals surface area contributed by atoms with Crippen molar-refractivity contribution in [3.63, 3.8) is 0 Å². The van der Waals surface area contributed by atoms with Crippen LogP contribution in [0, 0.1) is 0 Å². The van der Waals surface area contributed by atoms with Gasteiger partial charge in [0.2, 0.25) is 11.5 Å². The third kappa shape index (κ3) is 3.22. The molecule has 0 spiro atoms. The fourth-order valence-electron chi connectivity index (χ4n) is 2.34. The summed E-state index contributed by atoms with van der Waals surface area (Å²) in [4.78, 5) is 15.4. The van der Waals surface area contributed by atoms with E-state index in [4.69, 9.17) is 10.5 Å². The lowest BCUT2D eigenvalue weighted by molar-refractivity contribution is 0.0502. The number of aromatic nitrogens is 2. The van der Waals surface area contributed by atoms with Gasteiger partial charge in [-0.2, -0.15) is 0 Å². The summed E-state index contributed by atoms with van der Waals surface area (Å²) in [5, 5.41) is 9.05. The first-order chi connectivity index (χ1) is 10.2. The Hall–Kier alpha value is -1.93. The van der Waals surface area contributed by atoms with Gasteiger partial charge in [0.15, 0.2) is 0 Å². The van der Waals surface area contributed by atoms with Gasteiger partial charge in [0.25, 0.3) is 5.91 Å². The van der Waals surface area contributed by atoms with Crippen LogP contribution in [0.2, 0.25) is 0 Å². The van der Waals surface area contributed by atoms with E-state index in [0.29, 0.717) is 13.1 Å². The van der Waals surface area contributed by atoms with Crippen molar-refractivity contribution < 1.29 is 14.2 Å². The van der Waals surface area contributed by atoms with E-state index in [1.54, 1.807) is 16.2 Å². The molecule has 0 aromatic carbocycles. The summed E-state index contributed by atoms with van der Waals surface area (Å²) in [6, 6.07) is 3.95. The van der Waals surface area contributed by atoms with Gasteiger partial charge in [-0.3, -0.25) is 4.79 Å². The van der Waals surface area contributed by atoms with Crippen LogP contribution in [0.25, 0.3) is 0 Å². The first-order valence-electron chi connectivity index (χ1n) is 6.75. The summed E-state index contributed by atoms with van der Waals surface area (Å²) < 4.78 is 10.1. The van der Waals surface area contributed by atoms with Crippen LogP contribution < -0.4 is 5.73 Å². The molecule has 1 fully saturated rings. The number of amides is 1. The second-order valence-electron chi connectivity index (χ2n) is 4.90. The second kappa shape index (κ2) is 6.23. The number of hydrogen-bond donors (Lipinski definition) is 1. The second-order valence-corrected chi connectivity index (χ2v) is 5.93. The topological polar surface area (TPSA) is 94.5 Å². The van der Waals surface area contributed by atoms with Crippen molar-refractivity contribution in [3.8, 4) is 0 Å². The number of thiophene rings is 1. The molecule has 2 N–H and O–H groups in total. The monoisotopic (exact) mass is 308 g/mol. The van der Waals surface area contributed by atoms with Crippen LogP contribution in [0.5, 0.6) is 0 Å². The molecule has 0 aliphatic carbocycles. The zero-order chi connectivity index (χ0) is 14.7. The highest BCUT2D eigenvalue weighted by Crippen LogP contribution is 2.19. The number of nitrogens with two attached hydrogens (primary N) is 1. The highest BCUT2D eigenvalue weighted by atomic mass is 32.1. The van der Waals surface area contributed by atoms with Crippen LogP contribution in [0.3, 0.4) is 0 Å². The summed E-state index contributed by atoms with van der Waals surface area (Å²) in [6.45, 7) is 1.77. The van der Waals surface area contributed by atoms with Gasteiger partial charge in [-0.25, -0.2) is 4.63 Å². The predicted molar refractivity (Wildman–Crippen MR) is 76.7 cm³/mol. The normalized spacial score (nSPS) is 18.0. The van der Waals surface area contributed by atoms with E-state index in [2.05, 4.69) is 14.9 Å². The molecular weight excluding hydrogens is 292 g/mol. The number of nitrogen functional groups attached to an aromatic ring is 1. The van der Waals surface area contributed by atoms with Crippen molar-refractivity contribution in [1.29, 1.82) is 0 Å². The first-order valence-corrected chi connectivity index (χ1v) is 7.63.